The molecule has 0 amide bonds. The average molecular weight is 699 g/mol. The molecule has 0 saturated heterocycles. The molecule has 0 radical (unpaired) electrons. The zero-order chi connectivity index (χ0) is 35.0. The molecule has 7 rings (SSSR count). The Morgan fingerprint density at radius 3 is 2.35 bits per heavy atom. The maximum atomic E-state index is 12.9. The number of hydrogen-bond acceptors (Lipinski definition) is 8. The van der Waals surface area contributed by atoms with Gasteiger partial charge in [-0.05, 0) is 118 Å². The topological polar surface area (TPSA) is 104 Å². The van der Waals surface area contributed by atoms with Crippen molar-refractivity contribution in [1.29, 1.82) is 5.26 Å². The lowest BCUT2D eigenvalue weighted by Gasteiger charge is -2.60. The van der Waals surface area contributed by atoms with Gasteiger partial charge < -0.3 is 25.1 Å². The summed E-state index contributed by atoms with van der Waals surface area (Å²) in [6.45, 7) is 13.6. The minimum atomic E-state index is -4.79. The fourth-order valence-electron chi connectivity index (χ4n) is 9.10. The van der Waals surface area contributed by atoms with E-state index in [4.69, 9.17) is 4.43 Å². The maximum absolute atomic E-state index is 12.9. The molecule has 49 heavy (non-hydrogen) atoms. The molecule has 5 fully saturated rings. The number of benzene rings is 1. The Morgan fingerprint density at radius 2 is 1.69 bits per heavy atom. The molecular weight excluding hydrogens is 646 g/mol. The highest BCUT2D eigenvalue weighted by molar-refractivity contribution is 6.74. The van der Waals surface area contributed by atoms with Crippen LogP contribution in [0.3, 0.4) is 0 Å². The Hall–Kier alpha value is -2.88. The SMILES string of the molecule is CC(C)(C)[Si](C)(C)O[C@H]1CC[C@@H](CN[C@@H]2[C@@H]3CC4C[C@H]2C[C@@](CNc2nc(NCc5ccccc5OC(F)(F)F)ncc2C#N)(C4)C3)CC1. The van der Waals surface area contributed by atoms with Crippen LogP contribution in [0.5, 0.6) is 5.75 Å². The van der Waals surface area contributed by atoms with E-state index in [0.717, 1.165) is 24.9 Å². The molecule has 4 bridgehead atoms. The van der Waals surface area contributed by atoms with E-state index in [1.807, 2.05) is 0 Å². The van der Waals surface area contributed by atoms with Crippen molar-refractivity contribution < 1.29 is 22.3 Å². The summed E-state index contributed by atoms with van der Waals surface area (Å²) in [6, 6.07) is 8.75. The van der Waals surface area contributed by atoms with Gasteiger partial charge in [0.15, 0.2) is 8.32 Å². The normalized spacial score (nSPS) is 29.8. The van der Waals surface area contributed by atoms with Gasteiger partial charge in [-0.3, -0.25) is 0 Å². The molecule has 1 unspecified atom stereocenters. The summed E-state index contributed by atoms with van der Waals surface area (Å²) in [5, 5.41) is 20.6. The molecule has 0 spiro atoms. The Kier molecular flexibility index (Phi) is 10.3. The minimum absolute atomic E-state index is 0.0348. The molecule has 3 N–H and O–H groups in total. The second-order valence-electron chi connectivity index (χ2n) is 16.9. The van der Waals surface area contributed by atoms with Gasteiger partial charge in [-0.25, -0.2) is 4.98 Å². The molecule has 1 aromatic heterocycles. The third-order valence-corrected chi connectivity index (χ3v) is 16.8. The predicted molar refractivity (Wildman–Crippen MR) is 187 cm³/mol. The molecule has 1 heterocycles. The van der Waals surface area contributed by atoms with Crippen LogP contribution in [-0.2, 0) is 11.0 Å². The van der Waals surface area contributed by atoms with Crippen molar-refractivity contribution in [3.63, 3.8) is 0 Å². The van der Waals surface area contributed by atoms with E-state index in [1.54, 1.807) is 12.1 Å². The van der Waals surface area contributed by atoms with Crippen LogP contribution in [-0.4, -0.2) is 49.9 Å². The lowest BCUT2D eigenvalue weighted by atomic mass is 9.48. The smallest absolute Gasteiger partial charge is 0.414 e. The lowest BCUT2D eigenvalue weighted by molar-refractivity contribution is -0.274. The van der Waals surface area contributed by atoms with Crippen molar-refractivity contribution in [3.05, 3.63) is 41.6 Å². The summed E-state index contributed by atoms with van der Waals surface area (Å²) >= 11 is 0. The first-order valence-electron chi connectivity index (χ1n) is 18.1. The van der Waals surface area contributed by atoms with Crippen molar-refractivity contribution in [2.24, 2.45) is 29.1 Å². The van der Waals surface area contributed by atoms with Gasteiger partial charge in [0.25, 0.3) is 0 Å². The van der Waals surface area contributed by atoms with Crippen LogP contribution in [0.4, 0.5) is 24.9 Å². The van der Waals surface area contributed by atoms with Crippen molar-refractivity contribution in [3.8, 4) is 11.8 Å². The van der Waals surface area contributed by atoms with Crippen LogP contribution < -0.4 is 20.7 Å². The molecular formula is C37H53F3N6O2Si. The first-order chi connectivity index (χ1) is 23.1. The third-order valence-electron chi connectivity index (χ3n) is 12.3. The first-order valence-corrected chi connectivity index (χ1v) is 21.0. The highest BCUT2D eigenvalue weighted by Gasteiger charge is 2.55. The zero-order valence-electron chi connectivity index (χ0n) is 29.6. The molecule has 8 nitrogen and oxygen atoms in total. The summed E-state index contributed by atoms with van der Waals surface area (Å²) < 4.78 is 49.6. The number of rotatable bonds is 12. The van der Waals surface area contributed by atoms with Crippen LogP contribution in [0.1, 0.15) is 89.7 Å². The maximum Gasteiger partial charge on any atom is 0.573 e. The van der Waals surface area contributed by atoms with Gasteiger partial charge in [0.05, 0.1) is 6.20 Å². The number of nitriles is 1. The summed E-state index contributed by atoms with van der Waals surface area (Å²) in [5.74, 6) is 3.23. The number of ether oxygens (including phenoxy) is 1. The van der Waals surface area contributed by atoms with Crippen molar-refractivity contribution in [2.45, 2.75) is 122 Å². The quantitative estimate of drug-likeness (QED) is 0.189. The zero-order valence-corrected chi connectivity index (χ0v) is 30.6. The van der Waals surface area contributed by atoms with E-state index in [-0.39, 0.29) is 28.7 Å². The third kappa shape index (κ3) is 8.54. The summed E-state index contributed by atoms with van der Waals surface area (Å²) in [4.78, 5) is 8.82. The van der Waals surface area contributed by atoms with Crippen LogP contribution in [0, 0.1) is 40.4 Å². The molecule has 5 aliphatic carbocycles. The van der Waals surface area contributed by atoms with Gasteiger partial charge >= 0.3 is 6.36 Å². The van der Waals surface area contributed by atoms with E-state index in [0.29, 0.717) is 40.9 Å². The van der Waals surface area contributed by atoms with Crippen molar-refractivity contribution in [1.82, 2.24) is 15.3 Å². The Balaban J connectivity index is 1.02. The molecule has 5 saturated carbocycles. The lowest BCUT2D eigenvalue weighted by Crippen LogP contribution is -2.60. The van der Waals surface area contributed by atoms with Gasteiger partial charge in [0.2, 0.25) is 5.95 Å². The van der Waals surface area contributed by atoms with E-state index in [2.05, 4.69) is 70.6 Å². The van der Waals surface area contributed by atoms with Gasteiger partial charge in [0.1, 0.15) is 23.2 Å². The fourth-order valence-corrected chi connectivity index (χ4v) is 10.5. The van der Waals surface area contributed by atoms with Gasteiger partial charge in [-0.1, -0.05) is 39.0 Å². The monoisotopic (exact) mass is 698 g/mol. The summed E-state index contributed by atoms with van der Waals surface area (Å²) in [5.41, 5.74) is 0.842. The average Bonchev–Trinajstić information content (AvgIpc) is 3.02. The number of anilines is 2. The van der Waals surface area contributed by atoms with Crippen LogP contribution in [0.2, 0.25) is 18.1 Å². The summed E-state index contributed by atoms with van der Waals surface area (Å²) in [7, 11) is -1.73. The molecule has 1 aromatic carbocycles. The molecule has 5 aliphatic rings. The summed E-state index contributed by atoms with van der Waals surface area (Å²) in [6.07, 6.45) is 8.09. The minimum Gasteiger partial charge on any atom is -0.414 e. The number of halogens is 3. The van der Waals surface area contributed by atoms with Gasteiger partial charge in [0, 0.05) is 30.8 Å². The second-order valence-corrected chi connectivity index (χ2v) is 21.6. The fraction of sp³-hybridized carbons (Fsp3) is 0.703. The first kappa shape index (κ1) is 35.9. The molecule has 268 valence electrons. The van der Waals surface area contributed by atoms with Crippen LogP contribution in [0.15, 0.2) is 30.5 Å². The molecule has 0 aliphatic heterocycles. The Morgan fingerprint density at radius 1 is 1.00 bits per heavy atom. The Bertz CT molecular complexity index is 1480. The van der Waals surface area contributed by atoms with Crippen molar-refractivity contribution in [2.75, 3.05) is 23.7 Å². The highest BCUT2D eigenvalue weighted by atomic mass is 28.4. The predicted octanol–water partition coefficient (Wildman–Crippen LogP) is 8.64. The van der Waals surface area contributed by atoms with Crippen LogP contribution >= 0.6 is 0 Å². The van der Waals surface area contributed by atoms with E-state index in [9.17, 15) is 18.4 Å². The van der Waals surface area contributed by atoms with E-state index in [1.165, 1.54) is 76.1 Å². The van der Waals surface area contributed by atoms with Crippen molar-refractivity contribution >= 4 is 20.1 Å². The number of hydrogen-bond donors (Lipinski definition) is 3. The highest BCUT2D eigenvalue weighted by Crippen LogP contribution is 2.60. The van der Waals surface area contributed by atoms with E-state index >= 15 is 0 Å². The Labute approximate surface area is 290 Å². The molecule has 5 atom stereocenters. The number of nitrogens with zero attached hydrogens (tertiary/aromatic N) is 3. The largest absolute Gasteiger partial charge is 0.573 e. The standard InChI is InChI=1S/C37H53F3N6O2Si/c1-35(2,3)49(4,5)48-30-12-10-24(11-13-30)20-42-32-27-14-25-15-28(32)18-36(16-25,17-27)23-45-33-29(19-41)22-44-34(46-33)43-21-26-8-6-7-9-31(26)47-37(38,39)40/h6-9,22,24-25,27-28,30,32,42H,10-18,20-21,23H2,1-5H3,(H2,43,44,45,46)/t24-,25?,27-,28+,30+,32-,36-. The van der Waals surface area contributed by atoms with Gasteiger partial charge in [-0.15, -0.1) is 13.2 Å². The molecule has 12 heteroatoms. The van der Waals surface area contributed by atoms with E-state index < -0.39 is 14.7 Å². The molecule has 2 aromatic rings. The number of aromatic nitrogens is 2. The second kappa shape index (κ2) is 14.0. The number of para-hydroxylation sites is 1. The van der Waals surface area contributed by atoms with Crippen LogP contribution in [0.25, 0.3) is 0 Å². The number of alkyl halides is 3. The van der Waals surface area contributed by atoms with Gasteiger partial charge in [-0.2, -0.15) is 10.2 Å². The number of nitrogens with one attached hydrogen (secondary N) is 3.